The molecule has 1 saturated heterocycles. The highest BCUT2D eigenvalue weighted by molar-refractivity contribution is 5.25. The van der Waals surface area contributed by atoms with E-state index in [2.05, 4.69) is 0 Å². The summed E-state index contributed by atoms with van der Waals surface area (Å²) in [6, 6.07) is 6.60. The van der Waals surface area contributed by atoms with Crippen molar-refractivity contribution in [3.63, 3.8) is 0 Å². The number of aliphatic hydroxyl groups is 4. The van der Waals surface area contributed by atoms with E-state index < -0.39 is 37.3 Å². The van der Waals surface area contributed by atoms with Gasteiger partial charge in [0.1, 0.15) is 30.2 Å². The van der Waals surface area contributed by atoms with Crippen LogP contribution in [0.1, 0.15) is 5.56 Å². The smallest absolute Gasteiger partial charge is 0.186 e. The summed E-state index contributed by atoms with van der Waals surface area (Å²) in [4.78, 5) is 0. The van der Waals surface area contributed by atoms with Crippen molar-refractivity contribution in [3.05, 3.63) is 29.8 Å². The predicted molar refractivity (Wildman–Crippen MR) is 71.5 cm³/mol. The second kappa shape index (κ2) is 7.17. The summed E-state index contributed by atoms with van der Waals surface area (Å²) < 4.78 is 10.6. The average Bonchev–Trinajstić information content (AvgIpc) is 2.49. The van der Waals surface area contributed by atoms with Gasteiger partial charge in [-0.15, -0.1) is 0 Å². The lowest BCUT2D eigenvalue weighted by molar-refractivity contribution is -0.300. The van der Waals surface area contributed by atoms with Crippen molar-refractivity contribution in [2.45, 2.75) is 37.1 Å². The van der Waals surface area contributed by atoms with E-state index in [-0.39, 0.29) is 12.4 Å². The molecule has 1 aromatic carbocycles. The number of benzene rings is 1. The molecule has 7 heteroatoms. The van der Waals surface area contributed by atoms with Gasteiger partial charge >= 0.3 is 0 Å². The topological polar surface area (TPSA) is 120 Å². The van der Waals surface area contributed by atoms with Gasteiger partial charge in [0.25, 0.3) is 0 Å². The van der Waals surface area contributed by atoms with Crippen molar-refractivity contribution < 1.29 is 35.0 Å². The maximum Gasteiger partial charge on any atom is 0.186 e. The first kappa shape index (κ1) is 16.2. The number of aliphatic hydroxyl groups excluding tert-OH is 4. The van der Waals surface area contributed by atoms with Crippen LogP contribution in [0.25, 0.3) is 0 Å². The Hall–Kier alpha value is -1.22. The molecule has 0 unspecified atom stereocenters. The molecule has 1 fully saturated rings. The summed E-state index contributed by atoms with van der Waals surface area (Å²) in [5.74, 6) is 0.175. The Bertz CT molecular complexity index is 433. The van der Waals surface area contributed by atoms with E-state index in [1.54, 1.807) is 24.3 Å². The van der Waals surface area contributed by atoms with Crippen molar-refractivity contribution in [2.75, 3.05) is 13.2 Å². The highest BCUT2D eigenvalue weighted by Crippen LogP contribution is 2.22. The molecule has 1 heterocycles. The van der Waals surface area contributed by atoms with E-state index in [0.717, 1.165) is 5.56 Å². The van der Waals surface area contributed by atoms with E-state index in [1.807, 2.05) is 0 Å². The summed E-state index contributed by atoms with van der Waals surface area (Å²) in [7, 11) is 0. The normalized spacial score (nSPS) is 33.0. The first-order valence-electron chi connectivity index (χ1n) is 6.73. The first-order chi connectivity index (χ1) is 10.0. The fourth-order valence-corrected chi connectivity index (χ4v) is 2.16. The van der Waals surface area contributed by atoms with E-state index in [1.165, 1.54) is 0 Å². The molecule has 5 N–H and O–H groups in total. The van der Waals surface area contributed by atoms with Crippen molar-refractivity contribution >= 4 is 0 Å². The Kier molecular flexibility index (Phi) is 5.51. The summed E-state index contributed by atoms with van der Waals surface area (Å²) in [6.07, 6.45) is -5.77. The van der Waals surface area contributed by atoms with Gasteiger partial charge in [-0.3, -0.25) is 0 Å². The molecule has 0 radical (unpaired) electrons. The quantitative estimate of drug-likeness (QED) is 0.461. The maximum atomic E-state index is 9.78. The third-order valence-corrected chi connectivity index (χ3v) is 3.46. The van der Waals surface area contributed by atoms with Crippen molar-refractivity contribution in [1.82, 2.24) is 0 Å². The largest absolute Gasteiger partial charge is 0.508 e. The number of aromatic hydroxyl groups is 1. The van der Waals surface area contributed by atoms with Gasteiger partial charge in [-0.1, -0.05) is 12.1 Å². The molecule has 0 bridgehead atoms. The second-order valence-electron chi connectivity index (χ2n) is 4.98. The fourth-order valence-electron chi connectivity index (χ4n) is 2.16. The Morgan fingerprint density at radius 3 is 2.29 bits per heavy atom. The lowest BCUT2D eigenvalue weighted by Gasteiger charge is -2.39. The molecule has 1 aliphatic rings. The Labute approximate surface area is 122 Å². The zero-order valence-corrected chi connectivity index (χ0v) is 11.4. The molecule has 7 nitrogen and oxygen atoms in total. The van der Waals surface area contributed by atoms with E-state index in [0.29, 0.717) is 6.42 Å². The fraction of sp³-hybridized carbons (Fsp3) is 0.571. The Morgan fingerprint density at radius 1 is 1.00 bits per heavy atom. The molecular formula is C14H20O7. The van der Waals surface area contributed by atoms with Gasteiger partial charge in [-0.2, -0.15) is 0 Å². The van der Waals surface area contributed by atoms with Gasteiger partial charge in [0.15, 0.2) is 6.29 Å². The number of phenolic OH excluding ortho intramolecular Hbond substituents is 1. The number of hydrogen-bond acceptors (Lipinski definition) is 7. The van der Waals surface area contributed by atoms with Crippen LogP contribution in [0.3, 0.4) is 0 Å². The zero-order chi connectivity index (χ0) is 15.4. The van der Waals surface area contributed by atoms with Gasteiger partial charge in [0, 0.05) is 0 Å². The Morgan fingerprint density at radius 2 is 1.67 bits per heavy atom. The SMILES string of the molecule is OC[C@@H]1O[C@@H](OCCc2ccc(O)cc2)[C@@H](O)[C@@H](O)[C@@H]1O. The van der Waals surface area contributed by atoms with E-state index in [4.69, 9.17) is 14.6 Å². The summed E-state index contributed by atoms with van der Waals surface area (Å²) in [5.41, 5.74) is 0.928. The lowest BCUT2D eigenvalue weighted by Crippen LogP contribution is -2.59. The maximum absolute atomic E-state index is 9.78. The van der Waals surface area contributed by atoms with Crippen LogP contribution in [0.2, 0.25) is 0 Å². The molecule has 118 valence electrons. The highest BCUT2D eigenvalue weighted by atomic mass is 16.7. The molecule has 0 aromatic heterocycles. The molecule has 2 rings (SSSR count). The standard InChI is InChI=1S/C14H20O7/c15-7-10-11(17)12(18)13(19)14(21-10)20-6-5-8-1-3-9(16)4-2-8/h1-4,10-19H,5-7H2/t10-,11+,12-,13-,14+/m0/s1. The third-order valence-electron chi connectivity index (χ3n) is 3.46. The van der Waals surface area contributed by atoms with Crippen LogP contribution < -0.4 is 0 Å². The van der Waals surface area contributed by atoms with E-state index >= 15 is 0 Å². The minimum Gasteiger partial charge on any atom is -0.508 e. The lowest BCUT2D eigenvalue weighted by atomic mass is 9.99. The molecule has 0 aliphatic carbocycles. The van der Waals surface area contributed by atoms with Gasteiger partial charge in [0.2, 0.25) is 0 Å². The average molecular weight is 300 g/mol. The summed E-state index contributed by atoms with van der Waals surface area (Å²) >= 11 is 0. The molecule has 0 saturated carbocycles. The minimum absolute atomic E-state index is 0.175. The van der Waals surface area contributed by atoms with Crippen LogP contribution in [0.4, 0.5) is 0 Å². The van der Waals surface area contributed by atoms with Crippen LogP contribution in [0.5, 0.6) is 5.75 Å². The van der Waals surface area contributed by atoms with Crippen LogP contribution in [-0.2, 0) is 15.9 Å². The monoisotopic (exact) mass is 300 g/mol. The van der Waals surface area contributed by atoms with Crippen LogP contribution in [-0.4, -0.2) is 69.5 Å². The third kappa shape index (κ3) is 3.91. The highest BCUT2D eigenvalue weighted by Gasteiger charge is 2.43. The van der Waals surface area contributed by atoms with Crippen LogP contribution >= 0.6 is 0 Å². The van der Waals surface area contributed by atoms with Crippen molar-refractivity contribution in [1.29, 1.82) is 0 Å². The van der Waals surface area contributed by atoms with Crippen LogP contribution in [0, 0.1) is 0 Å². The molecule has 1 aliphatic heterocycles. The molecule has 21 heavy (non-hydrogen) atoms. The molecule has 0 amide bonds. The molecule has 5 atom stereocenters. The number of rotatable bonds is 5. The first-order valence-corrected chi connectivity index (χ1v) is 6.73. The number of hydrogen-bond donors (Lipinski definition) is 5. The number of ether oxygens (including phenoxy) is 2. The molecule has 0 spiro atoms. The van der Waals surface area contributed by atoms with E-state index in [9.17, 15) is 20.4 Å². The minimum atomic E-state index is -1.44. The van der Waals surface area contributed by atoms with Gasteiger partial charge in [-0.05, 0) is 24.1 Å². The summed E-state index contributed by atoms with van der Waals surface area (Å²) in [5, 5.41) is 47.3. The number of phenols is 1. The van der Waals surface area contributed by atoms with Crippen LogP contribution in [0.15, 0.2) is 24.3 Å². The predicted octanol–water partition coefficient (Wildman–Crippen LogP) is -1.25. The van der Waals surface area contributed by atoms with Crippen molar-refractivity contribution in [2.24, 2.45) is 0 Å². The zero-order valence-electron chi connectivity index (χ0n) is 11.4. The van der Waals surface area contributed by atoms with Gasteiger partial charge < -0.3 is 35.0 Å². The summed E-state index contributed by atoms with van der Waals surface area (Å²) in [6.45, 7) is -0.268. The van der Waals surface area contributed by atoms with Gasteiger partial charge in [0.05, 0.1) is 13.2 Å². The molecular weight excluding hydrogens is 280 g/mol. The van der Waals surface area contributed by atoms with Crippen molar-refractivity contribution in [3.8, 4) is 5.75 Å². The van der Waals surface area contributed by atoms with Gasteiger partial charge in [-0.25, -0.2) is 0 Å². The Balaban J connectivity index is 1.85. The molecule has 1 aromatic rings. The second-order valence-corrected chi connectivity index (χ2v) is 4.98.